The highest BCUT2D eigenvalue weighted by Crippen LogP contribution is 2.46. The fraction of sp³-hybridized carbons (Fsp3) is 0.300. The van der Waals surface area contributed by atoms with Crippen molar-refractivity contribution >= 4 is 27.6 Å². The van der Waals surface area contributed by atoms with Crippen LogP contribution in [0.1, 0.15) is 16.4 Å². The normalized spacial score (nSPS) is 19.9. The van der Waals surface area contributed by atoms with E-state index in [9.17, 15) is 4.79 Å². The summed E-state index contributed by atoms with van der Waals surface area (Å²) in [5, 5.41) is -0.157. The summed E-state index contributed by atoms with van der Waals surface area (Å²) in [5.74, 6) is 0.809. The number of benzene rings is 1. The molecule has 0 fully saturated rings. The van der Waals surface area contributed by atoms with E-state index in [1.165, 1.54) is 12.7 Å². The maximum Gasteiger partial charge on any atom is 0.324 e. The molecule has 4 heteroatoms. The highest BCUT2D eigenvalue weighted by Gasteiger charge is 2.27. The van der Waals surface area contributed by atoms with Gasteiger partial charge in [-0.05, 0) is 11.1 Å². The lowest BCUT2D eigenvalue weighted by atomic mass is 10.1. The largest absolute Gasteiger partial charge is 0.468 e. The molecule has 2 rings (SSSR count). The van der Waals surface area contributed by atoms with Crippen molar-refractivity contribution in [1.29, 1.82) is 0 Å². The number of methoxy groups -OCH3 is 1. The summed E-state index contributed by atoms with van der Waals surface area (Å²) in [4.78, 5) is 11.5. The second-order valence-corrected chi connectivity index (χ2v) is 5.43. The summed E-state index contributed by atoms with van der Waals surface area (Å²) >= 11 is 0. The van der Waals surface area contributed by atoms with Crippen molar-refractivity contribution in [2.75, 3.05) is 7.11 Å². The maximum atomic E-state index is 11.5. The summed E-state index contributed by atoms with van der Waals surface area (Å²) in [6, 6.07) is 8.04. The molecule has 0 amide bonds. The van der Waals surface area contributed by atoms with Gasteiger partial charge in [0.15, 0.2) is 0 Å². The molecule has 0 N–H and O–H groups in total. The SMILES string of the molecule is COC(=O)C1SSCc2ccccc21. The Morgan fingerprint density at radius 3 is 3.07 bits per heavy atom. The van der Waals surface area contributed by atoms with Gasteiger partial charge in [0.05, 0.1) is 7.11 Å². The minimum absolute atomic E-state index is 0.157. The molecule has 1 unspecified atom stereocenters. The van der Waals surface area contributed by atoms with E-state index < -0.39 is 0 Å². The average Bonchev–Trinajstić information content (AvgIpc) is 2.27. The Kier molecular flexibility index (Phi) is 3.03. The van der Waals surface area contributed by atoms with Crippen LogP contribution >= 0.6 is 21.6 Å². The zero-order chi connectivity index (χ0) is 9.97. The van der Waals surface area contributed by atoms with Gasteiger partial charge in [-0.3, -0.25) is 4.79 Å². The minimum Gasteiger partial charge on any atom is -0.468 e. The van der Waals surface area contributed by atoms with E-state index in [2.05, 4.69) is 6.07 Å². The van der Waals surface area contributed by atoms with Crippen LogP contribution in [0.4, 0.5) is 0 Å². The molecule has 0 aromatic heterocycles. The predicted molar refractivity (Wildman–Crippen MR) is 60.1 cm³/mol. The number of rotatable bonds is 1. The summed E-state index contributed by atoms with van der Waals surface area (Å²) < 4.78 is 4.77. The fourth-order valence-corrected chi connectivity index (χ4v) is 4.05. The van der Waals surface area contributed by atoms with Gasteiger partial charge < -0.3 is 4.74 Å². The summed E-state index contributed by atoms with van der Waals surface area (Å²) in [6.07, 6.45) is 0. The van der Waals surface area contributed by atoms with E-state index in [-0.39, 0.29) is 11.2 Å². The molecule has 0 saturated heterocycles. The first-order valence-electron chi connectivity index (χ1n) is 4.27. The minimum atomic E-state index is -0.158. The second-order valence-electron chi connectivity index (χ2n) is 2.96. The molecule has 74 valence electrons. The van der Waals surface area contributed by atoms with Gasteiger partial charge in [-0.1, -0.05) is 45.9 Å². The van der Waals surface area contributed by atoms with Crippen LogP contribution in [0, 0.1) is 0 Å². The van der Waals surface area contributed by atoms with Gasteiger partial charge in [0.25, 0.3) is 0 Å². The molecule has 0 radical (unpaired) electrons. The van der Waals surface area contributed by atoms with Crippen LogP contribution < -0.4 is 0 Å². The van der Waals surface area contributed by atoms with Gasteiger partial charge in [-0.25, -0.2) is 0 Å². The predicted octanol–water partition coefficient (Wildman–Crippen LogP) is 2.80. The summed E-state index contributed by atoms with van der Waals surface area (Å²) in [6.45, 7) is 0. The molecule has 0 aliphatic carbocycles. The fourth-order valence-electron chi connectivity index (χ4n) is 1.41. The van der Waals surface area contributed by atoms with Gasteiger partial charge in [0, 0.05) is 5.75 Å². The van der Waals surface area contributed by atoms with Crippen molar-refractivity contribution in [3.8, 4) is 0 Å². The smallest absolute Gasteiger partial charge is 0.324 e. The third-order valence-electron chi connectivity index (χ3n) is 2.13. The standard InChI is InChI=1S/C10H10O2S2/c1-12-10(11)9-8-5-3-2-4-7(8)6-13-14-9/h2-5,9H,6H2,1H3. The Labute approximate surface area is 90.8 Å². The molecular weight excluding hydrogens is 216 g/mol. The van der Waals surface area contributed by atoms with Crippen molar-refractivity contribution in [3.63, 3.8) is 0 Å². The zero-order valence-corrected chi connectivity index (χ0v) is 9.36. The third-order valence-corrected chi connectivity index (χ3v) is 4.67. The first-order chi connectivity index (χ1) is 6.83. The molecule has 1 aromatic carbocycles. The number of hydrogen-bond donors (Lipinski definition) is 0. The number of hydrogen-bond acceptors (Lipinski definition) is 4. The van der Waals surface area contributed by atoms with Gasteiger partial charge >= 0.3 is 5.97 Å². The van der Waals surface area contributed by atoms with Crippen LogP contribution in [-0.4, -0.2) is 13.1 Å². The Hall–Kier alpha value is -0.610. The molecule has 1 aromatic rings. The highest BCUT2D eigenvalue weighted by molar-refractivity contribution is 8.76. The number of esters is 1. The quantitative estimate of drug-likeness (QED) is 0.543. The average molecular weight is 226 g/mol. The van der Waals surface area contributed by atoms with Crippen LogP contribution in [0.15, 0.2) is 24.3 Å². The first-order valence-corrected chi connectivity index (χ1v) is 6.65. The monoisotopic (exact) mass is 226 g/mol. The van der Waals surface area contributed by atoms with E-state index in [1.807, 2.05) is 18.2 Å². The molecule has 14 heavy (non-hydrogen) atoms. The van der Waals surface area contributed by atoms with Crippen molar-refractivity contribution in [2.45, 2.75) is 11.0 Å². The van der Waals surface area contributed by atoms with Gasteiger partial charge in [-0.2, -0.15) is 0 Å². The zero-order valence-electron chi connectivity index (χ0n) is 7.73. The lowest BCUT2D eigenvalue weighted by Crippen LogP contribution is -2.14. The maximum absolute atomic E-state index is 11.5. The highest BCUT2D eigenvalue weighted by atomic mass is 33.1. The van der Waals surface area contributed by atoms with E-state index >= 15 is 0 Å². The number of carbonyl (C=O) groups excluding carboxylic acids is 1. The molecular formula is C10H10O2S2. The molecule has 2 nitrogen and oxygen atoms in total. The lowest BCUT2D eigenvalue weighted by molar-refractivity contribution is -0.140. The molecule has 0 bridgehead atoms. The number of fused-ring (bicyclic) bond motifs is 1. The van der Waals surface area contributed by atoms with Crippen LogP contribution in [-0.2, 0) is 15.3 Å². The third kappa shape index (κ3) is 1.77. The van der Waals surface area contributed by atoms with Gasteiger partial charge in [0.2, 0.25) is 0 Å². The molecule has 0 saturated carbocycles. The number of carbonyl (C=O) groups is 1. The van der Waals surface area contributed by atoms with Crippen molar-refractivity contribution < 1.29 is 9.53 Å². The van der Waals surface area contributed by atoms with Crippen molar-refractivity contribution in [3.05, 3.63) is 35.4 Å². The molecule has 0 spiro atoms. The van der Waals surface area contributed by atoms with Crippen molar-refractivity contribution in [1.82, 2.24) is 0 Å². The Bertz CT molecular complexity index is 352. The Balaban J connectivity index is 2.35. The molecule has 1 aliphatic heterocycles. The second kappa shape index (κ2) is 4.28. The van der Waals surface area contributed by atoms with Crippen LogP contribution in [0.2, 0.25) is 0 Å². The first kappa shape index (κ1) is 9.93. The Morgan fingerprint density at radius 2 is 2.29 bits per heavy atom. The van der Waals surface area contributed by atoms with E-state index in [4.69, 9.17) is 4.74 Å². The van der Waals surface area contributed by atoms with E-state index in [1.54, 1.807) is 21.6 Å². The topological polar surface area (TPSA) is 26.3 Å². The molecule has 1 atom stereocenters. The number of ether oxygens (including phenoxy) is 1. The van der Waals surface area contributed by atoms with Crippen molar-refractivity contribution in [2.24, 2.45) is 0 Å². The molecule has 1 aliphatic rings. The van der Waals surface area contributed by atoms with Gasteiger partial charge in [0.1, 0.15) is 5.25 Å². The van der Waals surface area contributed by atoms with Crippen LogP contribution in [0.25, 0.3) is 0 Å². The summed E-state index contributed by atoms with van der Waals surface area (Å²) in [7, 11) is 4.72. The summed E-state index contributed by atoms with van der Waals surface area (Å²) in [5.41, 5.74) is 2.34. The van der Waals surface area contributed by atoms with Gasteiger partial charge in [-0.15, -0.1) is 0 Å². The van der Waals surface area contributed by atoms with E-state index in [0.29, 0.717) is 0 Å². The lowest BCUT2D eigenvalue weighted by Gasteiger charge is -2.21. The molecule has 1 heterocycles. The van der Waals surface area contributed by atoms with Crippen LogP contribution in [0.5, 0.6) is 0 Å². The van der Waals surface area contributed by atoms with E-state index in [0.717, 1.165) is 11.3 Å². The Morgan fingerprint density at radius 1 is 1.50 bits per heavy atom. The van der Waals surface area contributed by atoms with Crippen LogP contribution in [0.3, 0.4) is 0 Å².